The molecule has 2 fully saturated rings. The van der Waals surface area contributed by atoms with Crippen molar-refractivity contribution in [2.75, 3.05) is 0 Å². The molecule has 1 N–H and O–H groups in total. The van der Waals surface area contributed by atoms with Crippen molar-refractivity contribution in [3.63, 3.8) is 0 Å². The fourth-order valence-corrected chi connectivity index (χ4v) is 4.44. The monoisotopic (exact) mass is 349 g/mol. The van der Waals surface area contributed by atoms with E-state index in [1.807, 2.05) is 0 Å². The van der Waals surface area contributed by atoms with E-state index in [-0.39, 0.29) is 5.91 Å². The number of hydrogen-bond acceptors (Lipinski definition) is 2. The molecule has 1 aromatic carbocycles. The van der Waals surface area contributed by atoms with Crippen LogP contribution >= 0.6 is 23.2 Å². The van der Waals surface area contributed by atoms with Crippen LogP contribution in [0.2, 0.25) is 10.0 Å². The molecule has 2 bridgehead atoms. The van der Waals surface area contributed by atoms with Crippen LogP contribution in [0.4, 0.5) is 0 Å². The van der Waals surface area contributed by atoms with Crippen molar-refractivity contribution in [2.24, 2.45) is 11.8 Å². The number of amides is 1. The molecule has 2 aliphatic carbocycles. The van der Waals surface area contributed by atoms with Crippen molar-refractivity contribution in [2.45, 2.75) is 31.7 Å². The molecule has 120 valence electrons. The molecule has 4 nitrogen and oxygen atoms in total. The van der Waals surface area contributed by atoms with Gasteiger partial charge >= 0.3 is 0 Å². The summed E-state index contributed by atoms with van der Waals surface area (Å²) in [4.78, 5) is 12.4. The zero-order chi connectivity index (χ0) is 16.0. The van der Waals surface area contributed by atoms with Crippen LogP contribution in [0.1, 0.15) is 36.2 Å². The maximum atomic E-state index is 12.4. The Morgan fingerprint density at radius 1 is 1.17 bits per heavy atom. The average Bonchev–Trinajstić information content (AvgIpc) is 3.22. The van der Waals surface area contributed by atoms with Crippen LogP contribution in [-0.4, -0.2) is 21.7 Å². The van der Waals surface area contributed by atoms with E-state index in [1.165, 1.54) is 19.3 Å². The number of hydrogen-bond donors (Lipinski definition) is 1. The second-order valence-corrected chi connectivity index (χ2v) is 7.40. The van der Waals surface area contributed by atoms with E-state index < -0.39 is 0 Å². The predicted octanol–water partition coefficient (Wildman–Crippen LogP) is 4.10. The minimum Gasteiger partial charge on any atom is -0.348 e. The summed E-state index contributed by atoms with van der Waals surface area (Å²) in [5.41, 5.74) is 1.16. The van der Waals surface area contributed by atoms with E-state index >= 15 is 0 Å². The summed E-state index contributed by atoms with van der Waals surface area (Å²) in [6.07, 6.45) is 6.69. The van der Waals surface area contributed by atoms with Gasteiger partial charge in [0, 0.05) is 22.3 Å². The van der Waals surface area contributed by atoms with Crippen molar-refractivity contribution < 1.29 is 4.79 Å². The lowest BCUT2D eigenvalue weighted by Gasteiger charge is -2.22. The Morgan fingerprint density at radius 3 is 2.61 bits per heavy atom. The second-order valence-electron chi connectivity index (χ2n) is 6.53. The normalized spacial score (nSPS) is 25.7. The van der Waals surface area contributed by atoms with Gasteiger partial charge in [-0.25, -0.2) is 4.68 Å². The molecule has 2 saturated carbocycles. The number of aromatic nitrogens is 2. The number of halogens is 2. The quantitative estimate of drug-likeness (QED) is 0.906. The molecule has 23 heavy (non-hydrogen) atoms. The molecule has 0 unspecified atom stereocenters. The van der Waals surface area contributed by atoms with Gasteiger partial charge in [-0.05, 0) is 55.4 Å². The van der Waals surface area contributed by atoms with Crippen LogP contribution in [-0.2, 0) is 0 Å². The zero-order valence-electron chi connectivity index (χ0n) is 12.5. The summed E-state index contributed by atoms with van der Waals surface area (Å²) < 4.78 is 1.62. The Hall–Kier alpha value is -1.52. The highest BCUT2D eigenvalue weighted by molar-refractivity contribution is 6.34. The Bertz CT molecular complexity index is 738. The molecule has 1 amide bonds. The van der Waals surface area contributed by atoms with Crippen LogP contribution in [0.15, 0.2) is 30.5 Å². The first-order valence-corrected chi connectivity index (χ1v) is 8.67. The Morgan fingerprint density at radius 2 is 1.96 bits per heavy atom. The van der Waals surface area contributed by atoms with E-state index in [4.69, 9.17) is 23.2 Å². The number of fused-ring (bicyclic) bond motifs is 2. The van der Waals surface area contributed by atoms with Gasteiger partial charge in [-0.1, -0.05) is 29.6 Å². The van der Waals surface area contributed by atoms with E-state index in [2.05, 4.69) is 10.4 Å². The highest BCUT2D eigenvalue weighted by Gasteiger charge is 2.40. The smallest absolute Gasteiger partial charge is 0.272 e. The molecule has 2 aromatic rings. The van der Waals surface area contributed by atoms with Gasteiger partial charge in [0.2, 0.25) is 0 Å². The maximum Gasteiger partial charge on any atom is 0.272 e. The van der Waals surface area contributed by atoms with Crippen LogP contribution in [0.25, 0.3) is 5.69 Å². The topological polar surface area (TPSA) is 46.9 Å². The lowest BCUT2D eigenvalue weighted by molar-refractivity contribution is 0.0917. The third-order valence-corrected chi connectivity index (χ3v) is 5.42. The maximum absolute atomic E-state index is 12.4. The molecule has 0 aliphatic heterocycles. The van der Waals surface area contributed by atoms with E-state index in [0.717, 1.165) is 18.0 Å². The minimum absolute atomic E-state index is 0.102. The second kappa shape index (κ2) is 5.84. The van der Waals surface area contributed by atoms with Gasteiger partial charge in [0.15, 0.2) is 5.69 Å². The van der Waals surface area contributed by atoms with Crippen molar-refractivity contribution in [1.29, 1.82) is 0 Å². The molecule has 0 saturated heterocycles. The lowest BCUT2D eigenvalue weighted by Crippen LogP contribution is -2.38. The Labute approximate surface area is 144 Å². The van der Waals surface area contributed by atoms with Gasteiger partial charge in [-0.15, -0.1) is 0 Å². The van der Waals surface area contributed by atoms with Crippen LogP contribution < -0.4 is 5.32 Å². The SMILES string of the molecule is O=C(N[C@H]1C[C@H]2CC[C@@H]1C2)c1ccn(-c2cc(Cl)cc(Cl)c2)n1. The molecule has 4 rings (SSSR count). The third-order valence-electron chi connectivity index (χ3n) is 4.99. The number of benzene rings is 1. The van der Waals surface area contributed by atoms with Crippen LogP contribution in [0.3, 0.4) is 0 Å². The predicted molar refractivity (Wildman–Crippen MR) is 90.3 cm³/mol. The summed E-state index contributed by atoms with van der Waals surface area (Å²) in [6, 6.07) is 7.22. The number of nitrogens with zero attached hydrogens (tertiary/aromatic N) is 2. The standard InChI is InChI=1S/C17H17Cl2N3O/c18-12-7-13(19)9-14(8-12)22-4-3-15(21-22)17(23)20-16-6-10-1-2-11(16)5-10/h3-4,7-11,16H,1-2,5-6H2,(H,20,23)/t10-,11+,16-/m0/s1. The van der Waals surface area contributed by atoms with Gasteiger partial charge in [0.1, 0.15) is 0 Å². The zero-order valence-corrected chi connectivity index (χ0v) is 14.0. The molecule has 6 heteroatoms. The largest absolute Gasteiger partial charge is 0.348 e. The highest BCUT2D eigenvalue weighted by Crippen LogP contribution is 2.44. The molecule has 1 heterocycles. The summed E-state index contributed by atoms with van der Waals surface area (Å²) >= 11 is 12.0. The number of carbonyl (C=O) groups is 1. The summed E-state index contributed by atoms with van der Waals surface area (Å²) in [6.45, 7) is 0. The van der Waals surface area contributed by atoms with Gasteiger partial charge < -0.3 is 5.32 Å². The first-order chi connectivity index (χ1) is 11.1. The Balaban J connectivity index is 1.50. The fraction of sp³-hybridized carbons (Fsp3) is 0.412. The minimum atomic E-state index is -0.102. The van der Waals surface area contributed by atoms with Crippen LogP contribution in [0, 0.1) is 11.8 Å². The Kier molecular flexibility index (Phi) is 3.82. The van der Waals surface area contributed by atoms with E-state index in [9.17, 15) is 4.79 Å². The van der Waals surface area contributed by atoms with Crippen molar-refractivity contribution in [1.82, 2.24) is 15.1 Å². The highest BCUT2D eigenvalue weighted by atomic mass is 35.5. The van der Waals surface area contributed by atoms with Gasteiger partial charge in [0.25, 0.3) is 5.91 Å². The van der Waals surface area contributed by atoms with Gasteiger partial charge in [-0.3, -0.25) is 4.79 Å². The van der Waals surface area contributed by atoms with Gasteiger partial charge in [0.05, 0.1) is 5.69 Å². The molecule has 2 aliphatic rings. The van der Waals surface area contributed by atoms with E-state index in [0.29, 0.717) is 27.7 Å². The van der Waals surface area contributed by atoms with Crippen LogP contribution in [0.5, 0.6) is 0 Å². The summed E-state index contributed by atoms with van der Waals surface area (Å²) in [7, 11) is 0. The third kappa shape index (κ3) is 2.98. The van der Waals surface area contributed by atoms with Crippen molar-refractivity contribution >= 4 is 29.1 Å². The average molecular weight is 350 g/mol. The molecular formula is C17H17Cl2N3O. The first kappa shape index (κ1) is 15.0. The number of nitrogens with one attached hydrogen (secondary N) is 1. The first-order valence-electron chi connectivity index (χ1n) is 7.91. The van der Waals surface area contributed by atoms with Gasteiger partial charge in [-0.2, -0.15) is 5.10 Å². The summed E-state index contributed by atoms with van der Waals surface area (Å²) in [5, 5.41) is 8.58. The van der Waals surface area contributed by atoms with Crippen molar-refractivity contribution in [3.8, 4) is 5.69 Å². The lowest BCUT2D eigenvalue weighted by atomic mass is 9.95. The molecule has 3 atom stereocenters. The fourth-order valence-electron chi connectivity index (χ4n) is 3.92. The molecular weight excluding hydrogens is 333 g/mol. The van der Waals surface area contributed by atoms with E-state index in [1.54, 1.807) is 35.1 Å². The number of rotatable bonds is 3. The molecule has 0 radical (unpaired) electrons. The van der Waals surface area contributed by atoms with Crippen molar-refractivity contribution in [3.05, 3.63) is 46.2 Å². The summed E-state index contributed by atoms with van der Waals surface area (Å²) in [5.74, 6) is 1.35. The molecule has 1 aromatic heterocycles. The molecule has 0 spiro atoms. The number of carbonyl (C=O) groups excluding carboxylic acids is 1.